The Hall–Kier alpha value is -3.03. The van der Waals surface area contributed by atoms with Crippen molar-refractivity contribution in [2.45, 2.75) is 42.3 Å². The second-order valence-electron chi connectivity index (χ2n) is 9.88. The van der Waals surface area contributed by atoms with Crippen LogP contribution in [0, 0.1) is 11.6 Å². The second kappa shape index (κ2) is 12.9. The van der Waals surface area contributed by atoms with Crippen LogP contribution in [-0.4, -0.2) is 66.0 Å². The molecule has 0 aromatic heterocycles. The Balaban J connectivity index is 1.88. The van der Waals surface area contributed by atoms with E-state index in [1.165, 1.54) is 25.4 Å². The van der Waals surface area contributed by atoms with Crippen molar-refractivity contribution < 1.29 is 30.4 Å². The second-order valence-corrected chi connectivity index (χ2v) is 11.9. The molecule has 1 saturated heterocycles. The molecular formula is C27H31ClF5N5O2S. The molecule has 1 heterocycles. The molecule has 41 heavy (non-hydrogen) atoms. The zero-order chi connectivity index (χ0) is 30.6. The van der Waals surface area contributed by atoms with Crippen LogP contribution in [0.1, 0.15) is 30.4 Å². The SMILES string of the molecule is C=N/C(=C\C=N/C)NS(=O)(=O)c1c(F)cc(N2CCC[C@@](CCc3cccc(C(F)(F)F)c3Cl)(N(C)C)C2)cc1F. The first-order valence-electron chi connectivity index (χ1n) is 12.5. The molecule has 1 aliphatic heterocycles. The number of piperidine rings is 1. The van der Waals surface area contributed by atoms with Crippen molar-refractivity contribution in [1.82, 2.24) is 9.62 Å². The summed E-state index contributed by atoms with van der Waals surface area (Å²) in [6, 6.07) is 5.70. The molecule has 224 valence electrons. The summed E-state index contributed by atoms with van der Waals surface area (Å²) in [5.41, 5.74) is -0.976. The van der Waals surface area contributed by atoms with Gasteiger partial charge in [-0.2, -0.15) is 13.2 Å². The number of alkyl halides is 3. The van der Waals surface area contributed by atoms with Crippen molar-refractivity contribution in [1.29, 1.82) is 0 Å². The highest BCUT2D eigenvalue weighted by molar-refractivity contribution is 7.89. The smallest absolute Gasteiger partial charge is 0.370 e. The van der Waals surface area contributed by atoms with Crippen LogP contribution in [0.2, 0.25) is 5.02 Å². The lowest BCUT2D eigenvalue weighted by atomic mass is 9.82. The minimum absolute atomic E-state index is 0.137. The first-order valence-corrected chi connectivity index (χ1v) is 14.4. The van der Waals surface area contributed by atoms with E-state index in [0.717, 1.165) is 18.2 Å². The molecule has 2 aromatic carbocycles. The van der Waals surface area contributed by atoms with E-state index >= 15 is 8.78 Å². The van der Waals surface area contributed by atoms with Crippen LogP contribution in [-0.2, 0) is 22.6 Å². The summed E-state index contributed by atoms with van der Waals surface area (Å²) >= 11 is 6.11. The number of hydrogen-bond donors (Lipinski definition) is 1. The standard InChI is InChI=1S/C27H31ClF5N5O2S/c1-34-13-10-23(35-2)36-41(39,40)25-21(29)15-19(16-22(25)30)38-14-6-11-26(17-38,37(3)4)12-9-18-7-5-8-20(24(18)28)27(31,32)33/h5,7-8,10,13,15-16,36H,2,6,9,11-12,14,17H2,1,3-4H3/b23-10+,34-13-/t26-/m0/s1. The number of aryl methyl sites for hydroxylation is 1. The summed E-state index contributed by atoms with van der Waals surface area (Å²) in [7, 11) is 0.423. The summed E-state index contributed by atoms with van der Waals surface area (Å²) in [6.07, 6.45) is -0.204. The maximum Gasteiger partial charge on any atom is 0.417 e. The molecule has 0 saturated carbocycles. The Morgan fingerprint density at radius 1 is 1.24 bits per heavy atom. The number of nitrogens with one attached hydrogen (secondary N) is 1. The van der Waals surface area contributed by atoms with E-state index < -0.39 is 43.8 Å². The van der Waals surface area contributed by atoms with Crippen molar-refractivity contribution in [3.8, 4) is 0 Å². The molecule has 2 aromatic rings. The quantitative estimate of drug-likeness (QED) is 0.274. The molecule has 0 radical (unpaired) electrons. The van der Waals surface area contributed by atoms with Crippen LogP contribution >= 0.6 is 11.6 Å². The number of nitrogens with zero attached hydrogens (tertiary/aromatic N) is 4. The third-order valence-electron chi connectivity index (χ3n) is 7.16. The maximum absolute atomic E-state index is 15.2. The van der Waals surface area contributed by atoms with Crippen LogP contribution in [0.25, 0.3) is 0 Å². The molecule has 0 amide bonds. The fraction of sp³-hybridized carbons (Fsp3) is 0.407. The van der Waals surface area contributed by atoms with Crippen molar-refractivity contribution in [2.75, 3.05) is 39.1 Å². The number of aliphatic imine (C=N–C) groups is 2. The lowest BCUT2D eigenvalue weighted by molar-refractivity contribution is -0.137. The van der Waals surface area contributed by atoms with Crippen molar-refractivity contribution >= 4 is 40.2 Å². The molecule has 0 spiro atoms. The highest BCUT2D eigenvalue weighted by atomic mass is 35.5. The Bertz CT molecular complexity index is 1420. The fourth-order valence-electron chi connectivity index (χ4n) is 4.92. The first-order chi connectivity index (χ1) is 19.1. The Morgan fingerprint density at radius 3 is 2.46 bits per heavy atom. The van der Waals surface area contributed by atoms with Crippen molar-refractivity contribution in [2.24, 2.45) is 9.98 Å². The predicted molar refractivity (Wildman–Crippen MR) is 151 cm³/mol. The molecule has 7 nitrogen and oxygen atoms in total. The zero-order valence-electron chi connectivity index (χ0n) is 22.8. The van der Waals surface area contributed by atoms with Gasteiger partial charge in [0.05, 0.1) is 10.6 Å². The molecule has 3 rings (SSSR count). The molecule has 1 aliphatic rings. The Kier molecular flexibility index (Phi) is 10.2. The van der Waals surface area contributed by atoms with Gasteiger partial charge in [0.15, 0.2) is 4.90 Å². The topological polar surface area (TPSA) is 77.4 Å². The maximum atomic E-state index is 15.2. The van der Waals surface area contributed by atoms with Crippen LogP contribution in [0.5, 0.6) is 0 Å². The lowest BCUT2D eigenvalue weighted by Crippen LogP contribution is -2.56. The minimum atomic E-state index is -4.69. The molecule has 1 atom stereocenters. The number of benzene rings is 2. The van der Waals surface area contributed by atoms with E-state index in [-0.39, 0.29) is 23.0 Å². The number of sulfonamides is 1. The minimum Gasteiger partial charge on any atom is -0.370 e. The number of hydrogen-bond acceptors (Lipinski definition) is 6. The average molecular weight is 620 g/mol. The van der Waals surface area contributed by atoms with E-state index in [4.69, 9.17) is 11.6 Å². The molecule has 0 unspecified atom stereocenters. The van der Waals surface area contributed by atoms with Crippen LogP contribution in [0.3, 0.4) is 0 Å². The average Bonchev–Trinajstić information content (AvgIpc) is 2.89. The van der Waals surface area contributed by atoms with Gasteiger partial charge >= 0.3 is 6.18 Å². The van der Waals surface area contributed by atoms with Gasteiger partial charge in [0.25, 0.3) is 10.0 Å². The highest BCUT2D eigenvalue weighted by Crippen LogP contribution is 2.39. The van der Waals surface area contributed by atoms with Gasteiger partial charge in [-0.3, -0.25) is 9.71 Å². The van der Waals surface area contributed by atoms with Gasteiger partial charge < -0.3 is 9.80 Å². The Labute approximate surface area is 241 Å². The van der Waals surface area contributed by atoms with E-state index in [9.17, 15) is 21.6 Å². The number of likely N-dealkylation sites (N-methyl/N-ethyl adjacent to an activating group) is 1. The molecule has 0 aliphatic carbocycles. The van der Waals surface area contributed by atoms with E-state index in [1.54, 1.807) is 11.0 Å². The summed E-state index contributed by atoms with van der Waals surface area (Å²) < 4.78 is 97.9. The summed E-state index contributed by atoms with van der Waals surface area (Å²) in [5, 5.41) is -0.345. The number of anilines is 1. The Morgan fingerprint density at radius 2 is 1.90 bits per heavy atom. The predicted octanol–water partition coefficient (Wildman–Crippen LogP) is 5.69. The normalized spacial score (nSPS) is 18.8. The van der Waals surface area contributed by atoms with Crippen LogP contribution in [0.15, 0.2) is 57.1 Å². The third kappa shape index (κ3) is 7.44. The third-order valence-corrected chi connectivity index (χ3v) is 9.01. The van der Waals surface area contributed by atoms with Gasteiger partial charge in [0.2, 0.25) is 0 Å². The summed E-state index contributed by atoms with van der Waals surface area (Å²) in [4.78, 5) is 9.67. The molecule has 0 bridgehead atoms. The first kappa shape index (κ1) is 32.5. The van der Waals surface area contributed by atoms with Crippen LogP contribution in [0.4, 0.5) is 27.6 Å². The fourth-order valence-corrected chi connectivity index (χ4v) is 6.39. The summed E-state index contributed by atoms with van der Waals surface area (Å²) in [5.74, 6) is -2.86. The number of allylic oxidation sites excluding steroid dienone is 1. The lowest BCUT2D eigenvalue weighted by Gasteiger charge is -2.48. The van der Waals surface area contributed by atoms with Gasteiger partial charge in [0.1, 0.15) is 17.5 Å². The number of halogens is 6. The van der Waals surface area contributed by atoms with Gasteiger partial charge in [-0.1, -0.05) is 23.7 Å². The van der Waals surface area contributed by atoms with E-state index in [2.05, 4.69) is 16.7 Å². The zero-order valence-corrected chi connectivity index (χ0v) is 24.3. The van der Waals surface area contributed by atoms with Crippen molar-refractivity contribution in [3.63, 3.8) is 0 Å². The van der Waals surface area contributed by atoms with E-state index in [0.29, 0.717) is 37.9 Å². The molecular weight excluding hydrogens is 589 g/mol. The van der Waals surface area contributed by atoms with Gasteiger partial charge in [0, 0.05) is 37.6 Å². The van der Waals surface area contributed by atoms with Gasteiger partial charge in [-0.25, -0.2) is 22.2 Å². The highest BCUT2D eigenvalue weighted by Gasteiger charge is 2.39. The molecule has 1 fully saturated rings. The van der Waals surface area contributed by atoms with E-state index in [1.807, 2.05) is 23.7 Å². The molecule has 1 N–H and O–H groups in total. The van der Waals surface area contributed by atoms with Gasteiger partial charge in [-0.05, 0) is 76.3 Å². The monoisotopic (exact) mass is 619 g/mol. The molecule has 14 heteroatoms. The van der Waals surface area contributed by atoms with Gasteiger partial charge in [-0.15, -0.1) is 0 Å². The number of rotatable bonds is 10. The van der Waals surface area contributed by atoms with Crippen LogP contribution < -0.4 is 9.62 Å². The van der Waals surface area contributed by atoms with Crippen molar-refractivity contribution in [3.05, 3.63) is 70.0 Å². The summed E-state index contributed by atoms with van der Waals surface area (Å²) in [6.45, 7) is 3.96. The largest absolute Gasteiger partial charge is 0.417 e.